The van der Waals surface area contributed by atoms with Gasteiger partial charge in [0.05, 0.1) is 4.90 Å². The fourth-order valence-corrected chi connectivity index (χ4v) is 4.54. The first-order valence-corrected chi connectivity index (χ1v) is 12.7. The zero-order valence-corrected chi connectivity index (χ0v) is 20.3. The zero-order chi connectivity index (χ0) is 25.5. The molecular formula is C22H32FN3O7S. The van der Waals surface area contributed by atoms with E-state index in [0.29, 0.717) is 19.3 Å². The Bertz CT molecular complexity index is 985. The van der Waals surface area contributed by atoms with Crippen molar-refractivity contribution in [3.8, 4) is 0 Å². The van der Waals surface area contributed by atoms with Crippen LogP contribution < -0.4 is 15.4 Å². The van der Waals surface area contributed by atoms with Crippen LogP contribution in [-0.4, -0.2) is 62.1 Å². The smallest absolute Gasteiger partial charge is 0.339 e. The van der Waals surface area contributed by atoms with Crippen molar-refractivity contribution in [1.29, 1.82) is 0 Å². The molecule has 1 aromatic rings. The SMILES string of the molecule is CCC1(C(=O)O)OC1C(=O)N[C@@H](CC(C)C)C(=O)NCCCCNS(=O)(=O)c1ccc(F)cc1. The Labute approximate surface area is 198 Å². The number of carbonyl (C=O) groups excluding carboxylic acids is 2. The van der Waals surface area contributed by atoms with Gasteiger partial charge in [-0.15, -0.1) is 0 Å². The maximum atomic E-state index is 13.0. The second kappa shape index (κ2) is 11.7. The molecule has 0 saturated carbocycles. The van der Waals surface area contributed by atoms with Crippen molar-refractivity contribution >= 4 is 27.8 Å². The highest BCUT2D eigenvalue weighted by atomic mass is 32.2. The predicted molar refractivity (Wildman–Crippen MR) is 121 cm³/mol. The van der Waals surface area contributed by atoms with Gasteiger partial charge in [-0.05, 0) is 55.9 Å². The van der Waals surface area contributed by atoms with E-state index in [2.05, 4.69) is 15.4 Å². The van der Waals surface area contributed by atoms with Crippen molar-refractivity contribution in [3.63, 3.8) is 0 Å². The van der Waals surface area contributed by atoms with Gasteiger partial charge in [0.1, 0.15) is 11.9 Å². The van der Waals surface area contributed by atoms with Crippen molar-refractivity contribution in [1.82, 2.24) is 15.4 Å². The van der Waals surface area contributed by atoms with E-state index in [1.54, 1.807) is 6.92 Å². The number of nitrogens with one attached hydrogen (secondary N) is 3. The lowest BCUT2D eigenvalue weighted by Crippen LogP contribution is -2.50. The van der Waals surface area contributed by atoms with E-state index in [4.69, 9.17) is 4.74 Å². The lowest BCUT2D eigenvalue weighted by Gasteiger charge is -2.20. The van der Waals surface area contributed by atoms with Crippen molar-refractivity contribution in [2.24, 2.45) is 5.92 Å². The highest BCUT2D eigenvalue weighted by Gasteiger charge is 2.65. The van der Waals surface area contributed by atoms with Crippen LogP contribution in [-0.2, 0) is 29.1 Å². The van der Waals surface area contributed by atoms with E-state index >= 15 is 0 Å². The summed E-state index contributed by atoms with van der Waals surface area (Å²) in [5, 5.41) is 14.6. The molecule has 0 spiro atoms. The number of ether oxygens (including phenoxy) is 1. The number of carboxylic acids is 1. The normalized spacial score (nSPS) is 20.6. The van der Waals surface area contributed by atoms with Crippen LogP contribution in [0.2, 0.25) is 0 Å². The highest BCUT2D eigenvalue weighted by molar-refractivity contribution is 7.89. The molecule has 1 aliphatic heterocycles. The third-order valence-corrected chi connectivity index (χ3v) is 6.96. The summed E-state index contributed by atoms with van der Waals surface area (Å²) in [6.07, 6.45) is 0.270. The monoisotopic (exact) mass is 501 g/mol. The molecule has 1 aliphatic rings. The predicted octanol–water partition coefficient (Wildman–Crippen LogP) is 1.16. The molecule has 0 aromatic heterocycles. The van der Waals surface area contributed by atoms with Crippen LogP contribution in [0.4, 0.5) is 4.39 Å². The van der Waals surface area contributed by atoms with E-state index in [-0.39, 0.29) is 30.3 Å². The number of rotatable bonds is 14. The molecule has 1 heterocycles. The van der Waals surface area contributed by atoms with Gasteiger partial charge in [0.15, 0.2) is 6.10 Å². The minimum atomic E-state index is -3.75. The van der Waals surface area contributed by atoms with Crippen molar-refractivity contribution < 1.29 is 37.0 Å². The molecule has 190 valence electrons. The number of carbonyl (C=O) groups is 3. The van der Waals surface area contributed by atoms with Crippen LogP contribution in [0.3, 0.4) is 0 Å². The van der Waals surface area contributed by atoms with Crippen LogP contribution >= 0.6 is 0 Å². The average Bonchev–Trinajstić information content (AvgIpc) is 3.52. The Morgan fingerprint density at radius 1 is 1.15 bits per heavy atom. The van der Waals surface area contributed by atoms with Gasteiger partial charge < -0.3 is 20.5 Å². The van der Waals surface area contributed by atoms with Gasteiger partial charge >= 0.3 is 5.97 Å². The fraction of sp³-hybridized carbons (Fsp3) is 0.591. The third kappa shape index (κ3) is 7.21. The number of halogens is 1. The summed E-state index contributed by atoms with van der Waals surface area (Å²) in [4.78, 5) is 36.4. The zero-order valence-electron chi connectivity index (χ0n) is 19.5. The summed E-state index contributed by atoms with van der Waals surface area (Å²) >= 11 is 0. The molecule has 10 nitrogen and oxygen atoms in total. The average molecular weight is 502 g/mol. The van der Waals surface area contributed by atoms with E-state index in [9.17, 15) is 32.3 Å². The summed E-state index contributed by atoms with van der Waals surface area (Å²) < 4.78 is 44.8. The maximum absolute atomic E-state index is 13.0. The van der Waals surface area contributed by atoms with Gasteiger partial charge in [0, 0.05) is 13.1 Å². The lowest BCUT2D eigenvalue weighted by atomic mass is 10.00. The van der Waals surface area contributed by atoms with E-state index in [0.717, 1.165) is 12.1 Å². The number of hydrogen-bond donors (Lipinski definition) is 4. The second-order valence-electron chi connectivity index (χ2n) is 8.59. The van der Waals surface area contributed by atoms with Gasteiger partial charge in [-0.2, -0.15) is 0 Å². The van der Waals surface area contributed by atoms with Crippen LogP contribution in [0, 0.1) is 11.7 Å². The number of hydrogen-bond acceptors (Lipinski definition) is 6. The molecule has 12 heteroatoms. The molecule has 0 aliphatic carbocycles. The Balaban J connectivity index is 1.77. The molecule has 2 amide bonds. The number of aliphatic carboxylic acids is 1. The number of sulfonamides is 1. The third-order valence-electron chi connectivity index (χ3n) is 5.48. The topological polar surface area (TPSA) is 154 Å². The summed E-state index contributed by atoms with van der Waals surface area (Å²) in [5.41, 5.74) is -1.54. The molecule has 34 heavy (non-hydrogen) atoms. The first kappa shape index (κ1) is 27.7. The van der Waals surface area contributed by atoms with Gasteiger partial charge in [0.25, 0.3) is 5.91 Å². The minimum Gasteiger partial charge on any atom is -0.479 e. The molecule has 1 fully saturated rings. The molecule has 2 unspecified atom stereocenters. The summed E-state index contributed by atoms with van der Waals surface area (Å²) in [6, 6.07) is 3.63. The standard InChI is InChI=1S/C22H32FN3O7S/c1-4-22(21(29)30)18(33-22)20(28)26-17(13-14(2)3)19(27)24-11-5-6-12-25-34(31,32)16-9-7-15(23)8-10-16/h7-10,14,17-18,25H,4-6,11-13H2,1-3H3,(H,24,27)(H,26,28)(H,29,30)/t17-,18?,22?/m0/s1. The fourth-order valence-electron chi connectivity index (χ4n) is 3.46. The van der Waals surface area contributed by atoms with Crippen molar-refractivity contribution in [3.05, 3.63) is 30.1 Å². The first-order chi connectivity index (χ1) is 15.9. The van der Waals surface area contributed by atoms with Crippen LogP contribution in [0.25, 0.3) is 0 Å². The second-order valence-corrected chi connectivity index (χ2v) is 10.4. The molecule has 0 bridgehead atoms. The van der Waals surface area contributed by atoms with Gasteiger partial charge in [-0.25, -0.2) is 22.3 Å². The number of carboxylic acid groups (broad SMARTS) is 1. The van der Waals surface area contributed by atoms with Gasteiger partial charge in [-0.3, -0.25) is 9.59 Å². The van der Waals surface area contributed by atoms with Crippen molar-refractivity contribution in [2.45, 2.75) is 69.1 Å². The summed E-state index contributed by atoms with van der Waals surface area (Å²) in [7, 11) is -3.75. The number of epoxide rings is 1. The molecule has 1 aromatic carbocycles. The number of amides is 2. The Morgan fingerprint density at radius 2 is 1.76 bits per heavy atom. The van der Waals surface area contributed by atoms with Crippen LogP contribution in [0.1, 0.15) is 46.5 Å². The number of unbranched alkanes of at least 4 members (excludes halogenated alkanes) is 1. The highest BCUT2D eigenvalue weighted by Crippen LogP contribution is 2.40. The van der Waals surface area contributed by atoms with Gasteiger partial charge in [0.2, 0.25) is 21.5 Å². The molecule has 3 atom stereocenters. The Morgan fingerprint density at radius 3 is 2.29 bits per heavy atom. The summed E-state index contributed by atoms with van der Waals surface area (Å²) in [6.45, 7) is 5.78. The van der Waals surface area contributed by atoms with Crippen LogP contribution in [0.15, 0.2) is 29.2 Å². The van der Waals surface area contributed by atoms with Crippen molar-refractivity contribution in [2.75, 3.05) is 13.1 Å². The first-order valence-electron chi connectivity index (χ1n) is 11.2. The maximum Gasteiger partial charge on any atom is 0.339 e. The van der Waals surface area contributed by atoms with Crippen LogP contribution in [0.5, 0.6) is 0 Å². The Kier molecular flexibility index (Phi) is 9.54. The molecule has 4 N–H and O–H groups in total. The molecule has 1 saturated heterocycles. The minimum absolute atomic E-state index is 0.0379. The number of benzene rings is 1. The largest absolute Gasteiger partial charge is 0.479 e. The van der Waals surface area contributed by atoms with E-state index in [1.807, 2.05) is 13.8 Å². The molecular weight excluding hydrogens is 469 g/mol. The quantitative estimate of drug-likeness (QED) is 0.220. The van der Waals surface area contributed by atoms with E-state index < -0.39 is 51.4 Å². The molecule has 2 rings (SSSR count). The molecule has 0 radical (unpaired) electrons. The van der Waals surface area contributed by atoms with Gasteiger partial charge in [-0.1, -0.05) is 20.8 Å². The lowest BCUT2D eigenvalue weighted by molar-refractivity contribution is -0.143. The summed E-state index contributed by atoms with van der Waals surface area (Å²) in [5.74, 6) is -2.70. The Hall–Kier alpha value is -2.57. The van der Waals surface area contributed by atoms with E-state index in [1.165, 1.54) is 12.1 Å².